The lowest BCUT2D eigenvalue weighted by atomic mass is 9.98. The molecule has 3 N–H and O–H groups in total. The number of unbranched alkanes of at least 4 members (excludes halogenated alkanes) is 13. The third-order valence-corrected chi connectivity index (χ3v) is 12.6. The molecule has 1 fully saturated rings. The van der Waals surface area contributed by atoms with Crippen molar-refractivity contribution in [2.24, 2.45) is 0 Å². The van der Waals surface area contributed by atoms with Gasteiger partial charge >= 0.3 is 25.8 Å². The predicted molar refractivity (Wildman–Crippen MR) is 240 cm³/mol. The first-order valence-electron chi connectivity index (χ1n) is 22.6. The number of nitrogens with two attached hydrogens (primary N) is 1. The van der Waals surface area contributed by atoms with Crippen LogP contribution in [0.1, 0.15) is 135 Å². The Kier molecular flexibility index (Phi) is 19.8. The van der Waals surface area contributed by atoms with Crippen LogP contribution in [0.25, 0.3) is 11.2 Å². The summed E-state index contributed by atoms with van der Waals surface area (Å²) in [7, 11) is -4.56. The summed E-state index contributed by atoms with van der Waals surface area (Å²) in [4.78, 5) is 39.0. The van der Waals surface area contributed by atoms with Crippen molar-refractivity contribution in [3.63, 3.8) is 0 Å². The van der Waals surface area contributed by atoms with Crippen molar-refractivity contribution < 1.29 is 41.8 Å². The van der Waals surface area contributed by atoms with Gasteiger partial charge in [0.1, 0.15) is 30.7 Å². The number of esters is 2. The van der Waals surface area contributed by atoms with E-state index in [-0.39, 0.29) is 48.6 Å². The second-order valence-corrected chi connectivity index (χ2v) is 17.8. The molecule has 14 nitrogen and oxygen atoms in total. The molecule has 0 saturated carbocycles. The van der Waals surface area contributed by atoms with Crippen LogP contribution in [0.4, 0.5) is 10.2 Å². The molecule has 2 aromatic carbocycles. The first-order chi connectivity index (χ1) is 30.6. The Morgan fingerprint density at radius 1 is 0.937 bits per heavy atom. The third-order valence-electron chi connectivity index (χ3n) is 11.1. The number of imidazole rings is 1. The number of nitrogens with one attached hydrogen (secondary N) is 1. The Morgan fingerprint density at radius 3 is 2.21 bits per heavy atom. The van der Waals surface area contributed by atoms with Crippen molar-refractivity contribution in [2.45, 2.75) is 153 Å². The molecule has 0 spiro atoms. The van der Waals surface area contributed by atoms with Gasteiger partial charge in [-0.2, -0.15) is 19.4 Å². The van der Waals surface area contributed by atoms with Crippen molar-refractivity contribution in [3.05, 3.63) is 78.6 Å². The molecule has 4 aromatic rings. The zero-order valence-corrected chi connectivity index (χ0v) is 37.7. The summed E-state index contributed by atoms with van der Waals surface area (Å²) >= 11 is 0. The van der Waals surface area contributed by atoms with Crippen LogP contribution < -0.4 is 15.3 Å². The van der Waals surface area contributed by atoms with Crippen LogP contribution in [-0.4, -0.2) is 62.4 Å². The molecule has 1 aliphatic rings. The van der Waals surface area contributed by atoms with E-state index in [9.17, 15) is 14.0 Å². The minimum Gasteiger partial charge on any atom is -0.465 e. The number of terminal acetylenes is 1. The van der Waals surface area contributed by atoms with E-state index in [1.165, 1.54) is 43.0 Å². The Labute approximate surface area is 371 Å². The third kappa shape index (κ3) is 15.1. The van der Waals surface area contributed by atoms with Crippen molar-refractivity contribution in [1.29, 1.82) is 0 Å². The van der Waals surface area contributed by atoms with Gasteiger partial charge in [-0.3, -0.25) is 18.7 Å². The summed E-state index contributed by atoms with van der Waals surface area (Å²) in [6.45, 7) is 3.92. The first kappa shape index (κ1) is 49.2. The fourth-order valence-electron chi connectivity index (χ4n) is 7.54. The number of hydrogen-bond donors (Lipinski definition) is 2. The van der Waals surface area contributed by atoms with Crippen LogP contribution >= 0.6 is 7.75 Å². The molecule has 0 aliphatic carbocycles. The normalized spacial score (nSPS) is 18.7. The molecule has 3 heterocycles. The number of fused-ring (bicyclic) bond motifs is 1. The molecule has 4 unspecified atom stereocenters. The maximum atomic E-state index is 15.1. The largest absolute Gasteiger partial charge is 0.465 e. The van der Waals surface area contributed by atoms with E-state index in [0.717, 1.165) is 56.9 Å². The highest BCUT2D eigenvalue weighted by Gasteiger charge is 2.53. The number of nitrogens with zero attached hydrogens (tertiary/aromatic N) is 4. The summed E-state index contributed by atoms with van der Waals surface area (Å²) in [6, 6.07) is 16.4. The second kappa shape index (κ2) is 25.4. The molecular weight excluding hydrogens is 827 g/mol. The molecule has 1 saturated heterocycles. The van der Waals surface area contributed by atoms with E-state index in [0.29, 0.717) is 12.8 Å². The first-order valence-corrected chi connectivity index (χ1v) is 24.1. The number of halogens is 1. The Bertz CT molecular complexity index is 2100. The molecule has 0 amide bonds. The highest BCUT2D eigenvalue weighted by atomic mass is 31.2. The van der Waals surface area contributed by atoms with Gasteiger partial charge in [0.05, 0.1) is 12.9 Å². The zero-order chi connectivity index (χ0) is 44.9. The van der Waals surface area contributed by atoms with E-state index >= 15 is 4.57 Å². The van der Waals surface area contributed by atoms with Gasteiger partial charge in [-0.15, -0.1) is 6.42 Å². The molecule has 1 aliphatic heterocycles. The van der Waals surface area contributed by atoms with Gasteiger partial charge in [-0.25, -0.2) is 9.55 Å². The van der Waals surface area contributed by atoms with E-state index in [1.807, 2.05) is 30.3 Å². The SMILES string of the molecule is C#CC1(COP(=O)(N[C@@H](Cc2ccccc2)C(=O)OCCCCCCCCCC)Oc2ccccc2)OC(n2cnc3c(N)nc(F)nc32)CC1OC(=O)CCCCCCCCC. The highest BCUT2D eigenvalue weighted by molar-refractivity contribution is 7.52. The van der Waals surface area contributed by atoms with Gasteiger partial charge in [-0.05, 0) is 37.0 Å². The average Bonchev–Trinajstić information content (AvgIpc) is 3.87. The van der Waals surface area contributed by atoms with Crippen molar-refractivity contribution >= 4 is 36.7 Å². The molecule has 63 heavy (non-hydrogen) atoms. The highest BCUT2D eigenvalue weighted by Crippen LogP contribution is 2.49. The molecule has 2 aromatic heterocycles. The number of nitrogen functional groups attached to an aromatic ring is 1. The van der Waals surface area contributed by atoms with Crippen LogP contribution in [0.3, 0.4) is 0 Å². The van der Waals surface area contributed by atoms with Crippen molar-refractivity contribution in [3.8, 4) is 18.1 Å². The molecular formula is C47H64FN6O8P. The minimum absolute atomic E-state index is 0.0286. The molecule has 0 radical (unpaired) electrons. The number of aromatic nitrogens is 4. The maximum Gasteiger partial charge on any atom is 0.459 e. The second-order valence-electron chi connectivity index (χ2n) is 16.1. The predicted octanol–water partition coefficient (Wildman–Crippen LogP) is 9.98. The van der Waals surface area contributed by atoms with Gasteiger partial charge < -0.3 is 24.5 Å². The molecule has 5 atom stereocenters. The van der Waals surface area contributed by atoms with E-state index in [4.69, 9.17) is 35.4 Å². The lowest BCUT2D eigenvalue weighted by Gasteiger charge is -2.31. The summed E-state index contributed by atoms with van der Waals surface area (Å²) in [6.07, 6.45) is 20.2. The maximum absolute atomic E-state index is 15.1. The average molecular weight is 891 g/mol. The number of hydrogen-bond acceptors (Lipinski definition) is 12. The van der Waals surface area contributed by atoms with E-state index in [2.05, 4.69) is 39.8 Å². The number of carbonyl (C=O) groups is 2. The van der Waals surface area contributed by atoms with Crippen LogP contribution in [-0.2, 0) is 39.3 Å². The number of ether oxygens (including phenoxy) is 3. The standard InChI is InChI=1S/C47H64FN6O8P/c1-4-7-9-11-13-15-17-25-31-58-45(56)38(32-36-26-20-18-21-27-36)53-63(57,62-37-28-22-19-23-29-37)59-34-47(6-3)39(60-41(55)30-24-16-14-12-10-8-5-2)33-40(61-47)54-35-50-42-43(49)51-46(48)52-44(42)54/h3,18-23,26-29,35,38-40H,4-5,7-17,24-25,30-34H2,1-2H3,(H,53,57)(H2,49,51,52)/t38-,39?,40?,47?,63?/m0/s1. The lowest BCUT2D eigenvalue weighted by molar-refractivity contribution is -0.158. The summed E-state index contributed by atoms with van der Waals surface area (Å²) < 4.78 is 61.5. The smallest absolute Gasteiger partial charge is 0.459 e. The fraction of sp³-hybridized carbons (Fsp3) is 0.553. The summed E-state index contributed by atoms with van der Waals surface area (Å²) in [5.41, 5.74) is 5.02. The summed E-state index contributed by atoms with van der Waals surface area (Å²) in [5.74, 6) is 1.48. The number of carbonyl (C=O) groups excluding carboxylic acids is 2. The van der Waals surface area contributed by atoms with Crippen LogP contribution in [0.5, 0.6) is 5.75 Å². The number of anilines is 1. The van der Waals surface area contributed by atoms with Crippen LogP contribution in [0.2, 0.25) is 0 Å². The topological polar surface area (TPSA) is 179 Å². The molecule has 342 valence electrons. The minimum atomic E-state index is -4.56. The van der Waals surface area contributed by atoms with Gasteiger partial charge in [-0.1, -0.05) is 152 Å². The van der Waals surface area contributed by atoms with Gasteiger partial charge in [0, 0.05) is 12.8 Å². The zero-order valence-electron chi connectivity index (χ0n) is 36.8. The van der Waals surface area contributed by atoms with Crippen molar-refractivity contribution in [1.82, 2.24) is 24.6 Å². The monoisotopic (exact) mass is 890 g/mol. The van der Waals surface area contributed by atoms with E-state index in [1.54, 1.807) is 30.3 Å². The lowest BCUT2D eigenvalue weighted by Crippen LogP contribution is -2.46. The quantitative estimate of drug-likeness (QED) is 0.0173. The Morgan fingerprint density at radius 2 is 1.56 bits per heavy atom. The van der Waals surface area contributed by atoms with Gasteiger partial charge in [0.25, 0.3) is 0 Å². The van der Waals surface area contributed by atoms with E-state index < -0.39 is 56.3 Å². The fourth-order valence-corrected chi connectivity index (χ4v) is 9.06. The Hall–Kier alpha value is -4.87. The number of para-hydroxylation sites is 1. The molecule has 0 bridgehead atoms. The molecule has 16 heteroatoms. The van der Waals surface area contributed by atoms with Crippen LogP contribution in [0, 0.1) is 18.4 Å². The summed E-state index contributed by atoms with van der Waals surface area (Å²) in [5, 5.41) is 2.87. The van der Waals surface area contributed by atoms with Gasteiger partial charge in [0.15, 0.2) is 22.6 Å². The van der Waals surface area contributed by atoms with Crippen molar-refractivity contribution in [2.75, 3.05) is 18.9 Å². The Balaban J connectivity index is 1.38. The van der Waals surface area contributed by atoms with Gasteiger partial charge in [0.2, 0.25) is 0 Å². The molecule has 5 rings (SSSR count). The van der Waals surface area contributed by atoms with Crippen LogP contribution in [0.15, 0.2) is 67.0 Å². The number of rotatable bonds is 29. The number of benzene rings is 2.